The van der Waals surface area contributed by atoms with Crippen molar-refractivity contribution in [2.24, 2.45) is 0 Å². The summed E-state index contributed by atoms with van der Waals surface area (Å²) in [6.45, 7) is 3.13. The molecule has 0 saturated carbocycles. The molecule has 1 N–H and O–H groups in total. The molecule has 0 fully saturated rings. The molecular weight excluding hydrogens is 206 g/mol. The van der Waals surface area contributed by atoms with Crippen LogP contribution in [0.1, 0.15) is 24.1 Å². The Morgan fingerprint density at radius 2 is 2.20 bits per heavy atom. The van der Waals surface area contributed by atoms with Crippen LogP contribution in [0.3, 0.4) is 0 Å². The van der Waals surface area contributed by atoms with Crippen molar-refractivity contribution in [2.45, 2.75) is 25.7 Å². The van der Waals surface area contributed by atoms with Crippen LogP contribution >= 0.6 is 11.3 Å². The lowest BCUT2D eigenvalue weighted by molar-refractivity contribution is 0.192. The third kappa shape index (κ3) is 6.66. The predicted molar refractivity (Wildman–Crippen MR) is 66.6 cm³/mol. The molecule has 0 radical (unpaired) electrons. The van der Waals surface area contributed by atoms with E-state index in [1.807, 2.05) is 11.3 Å². The van der Waals surface area contributed by atoms with Gasteiger partial charge in [-0.3, -0.25) is 0 Å². The molecule has 0 aliphatic heterocycles. The molecule has 0 spiro atoms. The van der Waals surface area contributed by atoms with Gasteiger partial charge in [-0.2, -0.15) is 0 Å². The quantitative estimate of drug-likeness (QED) is 0.655. The molecule has 1 aromatic rings. The van der Waals surface area contributed by atoms with E-state index in [0.29, 0.717) is 0 Å². The van der Waals surface area contributed by atoms with Gasteiger partial charge >= 0.3 is 0 Å². The van der Waals surface area contributed by atoms with Crippen molar-refractivity contribution in [1.82, 2.24) is 5.32 Å². The number of thiophene rings is 1. The lowest BCUT2D eigenvalue weighted by Crippen LogP contribution is -2.18. The maximum absolute atomic E-state index is 5.00. The van der Waals surface area contributed by atoms with Crippen LogP contribution in [-0.4, -0.2) is 26.8 Å². The highest BCUT2D eigenvalue weighted by atomic mass is 32.1. The monoisotopic (exact) mass is 227 g/mol. The molecule has 0 bridgehead atoms. The number of nitrogens with one attached hydrogen (secondary N) is 1. The van der Waals surface area contributed by atoms with E-state index in [9.17, 15) is 0 Å². The van der Waals surface area contributed by atoms with E-state index >= 15 is 0 Å². The molecule has 15 heavy (non-hydrogen) atoms. The van der Waals surface area contributed by atoms with Crippen molar-refractivity contribution in [1.29, 1.82) is 0 Å². The molecule has 0 unspecified atom stereocenters. The Morgan fingerprint density at radius 3 is 2.93 bits per heavy atom. The normalized spacial score (nSPS) is 10.7. The van der Waals surface area contributed by atoms with E-state index in [1.54, 1.807) is 7.11 Å². The van der Waals surface area contributed by atoms with Gasteiger partial charge in [0.1, 0.15) is 0 Å². The van der Waals surface area contributed by atoms with Crippen LogP contribution in [-0.2, 0) is 11.2 Å². The minimum absolute atomic E-state index is 0.898. The van der Waals surface area contributed by atoms with Gasteiger partial charge < -0.3 is 10.1 Å². The molecule has 2 nitrogen and oxygen atoms in total. The average Bonchev–Trinajstić information content (AvgIpc) is 2.75. The highest BCUT2D eigenvalue weighted by Gasteiger charge is 1.93. The molecule has 1 rings (SSSR count). The van der Waals surface area contributed by atoms with Crippen LogP contribution in [0.4, 0.5) is 0 Å². The van der Waals surface area contributed by atoms with Crippen molar-refractivity contribution >= 4 is 11.3 Å². The van der Waals surface area contributed by atoms with Crippen LogP contribution in [0, 0.1) is 0 Å². The molecule has 0 aliphatic rings. The Balaban J connectivity index is 1.81. The lowest BCUT2D eigenvalue weighted by Gasteiger charge is -2.03. The van der Waals surface area contributed by atoms with Crippen LogP contribution in [0.15, 0.2) is 17.5 Å². The van der Waals surface area contributed by atoms with Gasteiger partial charge in [-0.15, -0.1) is 11.3 Å². The number of unbranched alkanes of at least 4 members (excludes halogenated alkanes) is 2. The number of hydrogen-bond acceptors (Lipinski definition) is 3. The molecular formula is C12H21NOS. The summed E-state index contributed by atoms with van der Waals surface area (Å²) in [5.41, 5.74) is 0. The zero-order valence-electron chi connectivity index (χ0n) is 9.50. The summed E-state index contributed by atoms with van der Waals surface area (Å²) in [6, 6.07) is 4.32. The first kappa shape index (κ1) is 12.7. The summed E-state index contributed by atoms with van der Waals surface area (Å²) in [6.07, 6.45) is 4.87. The Morgan fingerprint density at radius 1 is 1.27 bits per heavy atom. The van der Waals surface area contributed by atoms with Gasteiger partial charge in [0, 0.05) is 18.6 Å². The van der Waals surface area contributed by atoms with Crippen molar-refractivity contribution in [3.63, 3.8) is 0 Å². The van der Waals surface area contributed by atoms with Crippen LogP contribution in [0.5, 0.6) is 0 Å². The average molecular weight is 227 g/mol. The predicted octanol–water partition coefficient (Wildman–Crippen LogP) is 2.70. The van der Waals surface area contributed by atoms with Gasteiger partial charge in [0.2, 0.25) is 0 Å². The molecule has 0 atom stereocenters. The molecule has 86 valence electrons. The van der Waals surface area contributed by atoms with Gasteiger partial charge in [0.15, 0.2) is 0 Å². The molecule has 1 aromatic heterocycles. The molecule has 0 amide bonds. The van der Waals surface area contributed by atoms with Crippen LogP contribution in [0.2, 0.25) is 0 Å². The van der Waals surface area contributed by atoms with Gasteiger partial charge in [-0.25, -0.2) is 0 Å². The largest absolute Gasteiger partial charge is 0.385 e. The van der Waals surface area contributed by atoms with Crippen molar-refractivity contribution in [3.05, 3.63) is 22.4 Å². The fourth-order valence-corrected chi connectivity index (χ4v) is 2.17. The maximum Gasteiger partial charge on any atom is 0.0462 e. The van der Waals surface area contributed by atoms with Gasteiger partial charge in [-0.1, -0.05) is 6.07 Å². The highest BCUT2D eigenvalue weighted by Crippen LogP contribution is 2.07. The van der Waals surface area contributed by atoms with E-state index < -0.39 is 0 Å². The van der Waals surface area contributed by atoms with Gasteiger partial charge in [0.25, 0.3) is 0 Å². The van der Waals surface area contributed by atoms with Gasteiger partial charge in [0.05, 0.1) is 0 Å². The first-order chi connectivity index (χ1) is 7.43. The van der Waals surface area contributed by atoms with Crippen molar-refractivity contribution in [3.8, 4) is 0 Å². The zero-order valence-corrected chi connectivity index (χ0v) is 10.3. The second-order valence-electron chi connectivity index (χ2n) is 3.63. The number of hydrogen-bond donors (Lipinski definition) is 1. The molecule has 1 heterocycles. The Hall–Kier alpha value is -0.380. The lowest BCUT2D eigenvalue weighted by atomic mass is 10.2. The molecule has 0 saturated heterocycles. The third-order valence-corrected chi connectivity index (χ3v) is 3.27. The Kier molecular flexibility index (Phi) is 7.52. The minimum atomic E-state index is 0.898. The summed E-state index contributed by atoms with van der Waals surface area (Å²) in [5.74, 6) is 0. The van der Waals surface area contributed by atoms with Gasteiger partial charge in [-0.05, 0) is 50.2 Å². The summed E-state index contributed by atoms with van der Waals surface area (Å²) in [5, 5.41) is 5.61. The van der Waals surface area contributed by atoms with E-state index in [1.165, 1.54) is 24.1 Å². The first-order valence-corrected chi connectivity index (χ1v) is 6.53. The van der Waals surface area contributed by atoms with E-state index in [-0.39, 0.29) is 0 Å². The Labute approximate surface area is 96.7 Å². The maximum atomic E-state index is 5.00. The van der Waals surface area contributed by atoms with Crippen LogP contribution < -0.4 is 5.32 Å². The van der Waals surface area contributed by atoms with E-state index in [0.717, 1.165) is 26.1 Å². The SMILES string of the molecule is COCCCCCNCCc1cccs1. The second-order valence-corrected chi connectivity index (χ2v) is 4.67. The van der Waals surface area contributed by atoms with E-state index in [4.69, 9.17) is 4.74 Å². The highest BCUT2D eigenvalue weighted by molar-refractivity contribution is 7.09. The summed E-state index contributed by atoms with van der Waals surface area (Å²) in [4.78, 5) is 1.47. The number of ether oxygens (including phenoxy) is 1. The van der Waals surface area contributed by atoms with Crippen molar-refractivity contribution < 1.29 is 4.74 Å². The molecule has 0 aromatic carbocycles. The van der Waals surface area contributed by atoms with E-state index in [2.05, 4.69) is 22.8 Å². The molecule has 0 aliphatic carbocycles. The zero-order chi connectivity index (χ0) is 10.8. The summed E-state index contributed by atoms with van der Waals surface area (Å²) >= 11 is 1.84. The number of rotatable bonds is 9. The van der Waals surface area contributed by atoms with Crippen molar-refractivity contribution in [2.75, 3.05) is 26.8 Å². The first-order valence-electron chi connectivity index (χ1n) is 5.65. The smallest absolute Gasteiger partial charge is 0.0462 e. The summed E-state index contributed by atoms with van der Waals surface area (Å²) < 4.78 is 5.00. The summed E-state index contributed by atoms with van der Waals surface area (Å²) in [7, 11) is 1.76. The third-order valence-electron chi connectivity index (χ3n) is 2.33. The topological polar surface area (TPSA) is 21.3 Å². The molecule has 3 heteroatoms. The fourth-order valence-electron chi connectivity index (χ4n) is 1.46. The van der Waals surface area contributed by atoms with Crippen LogP contribution in [0.25, 0.3) is 0 Å². The number of methoxy groups -OCH3 is 1. The standard InChI is InChI=1S/C12H21NOS/c1-14-10-4-2-3-8-13-9-7-12-6-5-11-15-12/h5-6,11,13H,2-4,7-10H2,1H3. The second kappa shape index (κ2) is 8.89. The minimum Gasteiger partial charge on any atom is -0.385 e. The fraction of sp³-hybridized carbons (Fsp3) is 0.667. The Bertz CT molecular complexity index is 224.